The van der Waals surface area contributed by atoms with E-state index in [-0.39, 0.29) is 10.7 Å². The van der Waals surface area contributed by atoms with Gasteiger partial charge in [-0.25, -0.2) is 9.97 Å². The maximum Gasteiger partial charge on any atom is 0.322 e. The Morgan fingerprint density at radius 1 is 1.37 bits per heavy atom. The maximum absolute atomic E-state index is 11.1. The molecule has 0 saturated heterocycles. The second-order valence-electron chi connectivity index (χ2n) is 3.44. The van der Waals surface area contributed by atoms with Gasteiger partial charge in [-0.1, -0.05) is 0 Å². The monoisotopic (exact) mass is 278 g/mol. The molecule has 0 spiro atoms. The van der Waals surface area contributed by atoms with E-state index >= 15 is 0 Å². The molecule has 0 fully saturated rings. The van der Waals surface area contributed by atoms with E-state index in [0.29, 0.717) is 16.7 Å². The predicted molar refractivity (Wildman–Crippen MR) is 69.1 cm³/mol. The van der Waals surface area contributed by atoms with E-state index in [1.807, 2.05) is 0 Å². The van der Waals surface area contributed by atoms with Crippen molar-refractivity contribution in [3.8, 4) is 0 Å². The average molecular weight is 278 g/mol. The van der Waals surface area contributed by atoms with E-state index in [9.17, 15) is 10.1 Å². The van der Waals surface area contributed by atoms with Crippen molar-refractivity contribution in [2.45, 2.75) is 17.0 Å². The van der Waals surface area contributed by atoms with Crippen LogP contribution in [0.3, 0.4) is 0 Å². The Kier molecular flexibility index (Phi) is 3.85. The topological polar surface area (TPSA) is 107 Å². The molecule has 0 radical (unpaired) electrons. The van der Waals surface area contributed by atoms with Gasteiger partial charge in [-0.05, 0) is 18.7 Å². The fourth-order valence-corrected chi connectivity index (χ4v) is 2.25. The highest BCUT2D eigenvalue weighted by atomic mass is 32.2. The van der Waals surface area contributed by atoms with E-state index < -0.39 is 4.92 Å². The van der Waals surface area contributed by atoms with Crippen molar-refractivity contribution >= 4 is 23.4 Å². The normalized spacial score (nSPS) is 10.2. The largest absolute Gasteiger partial charge is 0.357 e. The molecule has 2 heterocycles. The van der Waals surface area contributed by atoms with Crippen molar-refractivity contribution in [1.82, 2.24) is 19.9 Å². The van der Waals surface area contributed by atoms with Gasteiger partial charge >= 0.3 is 5.69 Å². The van der Waals surface area contributed by atoms with Gasteiger partial charge in [-0.2, -0.15) is 4.98 Å². The number of anilines is 1. The number of nitrogens with zero attached hydrogens (tertiary/aromatic N) is 5. The fourth-order valence-electron chi connectivity index (χ4n) is 1.37. The molecule has 2 aromatic rings. The molecule has 2 rings (SSSR count). The summed E-state index contributed by atoms with van der Waals surface area (Å²) in [5.74, 6) is 0.328. The van der Waals surface area contributed by atoms with E-state index in [0.717, 1.165) is 11.8 Å². The van der Waals surface area contributed by atoms with Crippen molar-refractivity contribution < 1.29 is 4.92 Å². The number of hydrogen-bond donors (Lipinski definition) is 1. The Bertz CT molecular complexity index is 606. The highest BCUT2D eigenvalue weighted by Gasteiger charge is 2.23. The molecule has 0 aliphatic rings. The van der Waals surface area contributed by atoms with E-state index in [1.54, 1.807) is 14.0 Å². The van der Waals surface area contributed by atoms with Crippen LogP contribution in [0, 0.1) is 17.0 Å². The van der Waals surface area contributed by atoms with Crippen LogP contribution in [-0.4, -0.2) is 31.9 Å². The Hall–Kier alpha value is -2.29. The molecule has 2 aromatic heterocycles. The third-order valence-electron chi connectivity index (χ3n) is 2.17. The van der Waals surface area contributed by atoms with Crippen LogP contribution in [0.4, 0.5) is 11.6 Å². The molecule has 0 bridgehead atoms. The number of aryl methyl sites for hydroxylation is 1. The summed E-state index contributed by atoms with van der Waals surface area (Å²) in [5.41, 5.74) is 0.186. The Balaban J connectivity index is 2.48. The highest BCUT2D eigenvalue weighted by molar-refractivity contribution is 7.99. The van der Waals surface area contributed by atoms with E-state index in [4.69, 9.17) is 0 Å². The number of aromatic nitrogens is 4. The van der Waals surface area contributed by atoms with Gasteiger partial charge in [0.15, 0.2) is 5.03 Å². The average Bonchev–Trinajstić information content (AvgIpc) is 2.38. The van der Waals surface area contributed by atoms with Gasteiger partial charge in [0.1, 0.15) is 10.7 Å². The fraction of sp³-hybridized carbons (Fsp3) is 0.200. The number of hydrogen-bond acceptors (Lipinski definition) is 8. The molecule has 0 aromatic carbocycles. The summed E-state index contributed by atoms with van der Waals surface area (Å²) in [7, 11) is 1.65. The second kappa shape index (κ2) is 5.57. The minimum Gasteiger partial charge on any atom is -0.357 e. The summed E-state index contributed by atoms with van der Waals surface area (Å²) in [4.78, 5) is 26.7. The van der Waals surface area contributed by atoms with Gasteiger partial charge in [0.05, 0.1) is 11.1 Å². The lowest BCUT2D eigenvalue weighted by Gasteiger charge is -2.06. The Labute approximate surface area is 112 Å². The molecule has 0 saturated carbocycles. The molecule has 0 amide bonds. The molecule has 19 heavy (non-hydrogen) atoms. The van der Waals surface area contributed by atoms with Crippen LogP contribution in [0.25, 0.3) is 0 Å². The van der Waals surface area contributed by atoms with Crippen LogP contribution in [0.5, 0.6) is 0 Å². The summed E-state index contributed by atoms with van der Waals surface area (Å²) < 4.78 is 0. The van der Waals surface area contributed by atoms with Crippen molar-refractivity contribution in [2.75, 3.05) is 12.4 Å². The molecule has 1 N–H and O–H groups in total. The van der Waals surface area contributed by atoms with Crippen LogP contribution >= 0.6 is 11.8 Å². The zero-order valence-electron chi connectivity index (χ0n) is 10.2. The van der Waals surface area contributed by atoms with Gasteiger partial charge in [-0.3, -0.25) is 15.1 Å². The number of nitro groups is 1. The first-order valence-corrected chi connectivity index (χ1v) is 6.08. The van der Waals surface area contributed by atoms with Crippen molar-refractivity contribution in [3.05, 3.63) is 34.4 Å². The van der Waals surface area contributed by atoms with Gasteiger partial charge in [-0.15, -0.1) is 0 Å². The smallest absolute Gasteiger partial charge is 0.322 e. The summed E-state index contributed by atoms with van der Waals surface area (Å²) in [6, 6.07) is 0. The quantitative estimate of drug-likeness (QED) is 0.511. The summed E-state index contributed by atoms with van der Waals surface area (Å²) >= 11 is 1.08. The standard InChI is InChI=1S/C10H10N6O2S/c1-6-8(16(17)18)9(15-10(11-2)14-6)19-7-5-12-3-4-13-7/h3-5H,1-2H3,(H,11,14,15). The van der Waals surface area contributed by atoms with Gasteiger partial charge in [0.25, 0.3) is 0 Å². The zero-order chi connectivity index (χ0) is 13.8. The van der Waals surface area contributed by atoms with Crippen molar-refractivity contribution in [1.29, 1.82) is 0 Å². The summed E-state index contributed by atoms with van der Waals surface area (Å²) in [6.07, 6.45) is 4.56. The molecule has 98 valence electrons. The third kappa shape index (κ3) is 2.94. The zero-order valence-corrected chi connectivity index (χ0v) is 11.0. The van der Waals surface area contributed by atoms with Crippen molar-refractivity contribution in [3.63, 3.8) is 0 Å². The summed E-state index contributed by atoms with van der Waals surface area (Å²) in [6.45, 7) is 1.57. The third-order valence-corrected chi connectivity index (χ3v) is 3.07. The minimum absolute atomic E-state index is 0.116. The van der Waals surface area contributed by atoms with Gasteiger partial charge in [0.2, 0.25) is 5.95 Å². The van der Waals surface area contributed by atoms with Crippen molar-refractivity contribution in [2.24, 2.45) is 0 Å². The lowest BCUT2D eigenvalue weighted by atomic mass is 10.4. The molecular formula is C10H10N6O2S. The molecule has 8 nitrogen and oxygen atoms in total. The molecule has 0 unspecified atom stereocenters. The Morgan fingerprint density at radius 2 is 2.16 bits per heavy atom. The minimum atomic E-state index is -0.493. The van der Waals surface area contributed by atoms with Crippen LogP contribution in [0.1, 0.15) is 5.69 Å². The second-order valence-corrected chi connectivity index (χ2v) is 4.45. The van der Waals surface area contributed by atoms with E-state index in [2.05, 4.69) is 25.3 Å². The van der Waals surface area contributed by atoms with Crippen LogP contribution in [-0.2, 0) is 0 Å². The summed E-state index contributed by atoms with van der Waals surface area (Å²) in [5, 5.41) is 14.6. The molecule has 9 heteroatoms. The first-order chi connectivity index (χ1) is 9.11. The first-order valence-electron chi connectivity index (χ1n) is 5.26. The SMILES string of the molecule is CNc1nc(C)c([N+](=O)[O-])c(Sc2cnccn2)n1. The highest BCUT2D eigenvalue weighted by Crippen LogP contribution is 2.33. The Morgan fingerprint density at radius 3 is 2.74 bits per heavy atom. The lowest BCUT2D eigenvalue weighted by Crippen LogP contribution is -2.04. The van der Waals surface area contributed by atoms with Crippen LogP contribution in [0.2, 0.25) is 0 Å². The predicted octanol–water partition coefficient (Wildman–Crippen LogP) is 1.68. The van der Waals surface area contributed by atoms with E-state index in [1.165, 1.54) is 18.6 Å². The molecule has 0 aliphatic heterocycles. The van der Waals surface area contributed by atoms with Gasteiger partial charge in [0, 0.05) is 19.4 Å². The molecule has 0 aliphatic carbocycles. The van der Waals surface area contributed by atoms with Crippen LogP contribution in [0.15, 0.2) is 28.6 Å². The molecule has 0 atom stereocenters. The maximum atomic E-state index is 11.1. The number of rotatable bonds is 4. The van der Waals surface area contributed by atoms with Gasteiger partial charge < -0.3 is 5.32 Å². The number of nitrogens with one attached hydrogen (secondary N) is 1. The first kappa shape index (κ1) is 13.1. The lowest BCUT2D eigenvalue weighted by molar-refractivity contribution is -0.389. The van der Waals surface area contributed by atoms with Crippen LogP contribution < -0.4 is 5.32 Å². The molecular weight excluding hydrogens is 268 g/mol.